The van der Waals surface area contributed by atoms with Gasteiger partial charge in [0, 0.05) is 15.0 Å². The van der Waals surface area contributed by atoms with Gasteiger partial charge in [-0.2, -0.15) is 0 Å². The maximum Gasteiger partial charge on any atom is 0.0289 e. The summed E-state index contributed by atoms with van der Waals surface area (Å²) in [6.45, 7) is 2.13. The average molecular weight is 293 g/mol. The molecule has 66 valence electrons. The fraction of sp³-hybridized carbons (Fsp3) is 0.333. The van der Waals surface area contributed by atoms with Gasteiger partial charge in [-0.25, -0.2) is 0 Å². The molecule has 0 unspecified atom stereocenters. The van der Waals surface area contributed by atoms with E-state index in [2.05, 4.69) is 56.2 Å². The maximum atomic E-state index is 3.45. The summed E-state index contributed by atoms with van der Waals surface area (Å²) < 4.78 is 2.21. The van der Waals surface area contributed by atoms with E-state index in [9.17, 15) is 0 Å². The highest BCUT2D eigenvalue weighted by Gasteiger charge is 2.03. The molecule has 1 nitrogen and oxygen atoms in total. The summed E-state index contributed by atoms with van der Waals surface area (Å²) >= 11 is 6.91. The molecule has 0 spiro atoms. The Balaban J connectivity index is 3.00. The van der Waals surface area contributed by atoms with E-state index < -0.39 is 0 Å². The zero-order chi connectivity index (χ0) is 9.14. The van der Waals surface area contributed by atoms with Crippen molar-refractivity contribution in [1.29, 1.82) is 0 Å². The van der Waals surface area contributed by atoms with Gasteiger partial charge in [0.1, 0.15) is 0 Å². The molecule has 0 heterocycles. The normalized spacial score (nSPS) is 13.0. The molecule has 1 atom stereocenters. The summed E-state index contributed by atoms with van der Waals surface area (Å²) in [7, 11) is 1.96. The van der Waals surface area contributed by atoms with E-state index in [4.69, 9.17) is 0 Å². The van der Waals surface area contributed by atoms with Crippen molar-refractivity contribution in [2.75, 3.05) is 7.05 Å². The number of rotatable bonds is 2. The van der Waals surface area contributed by atoms with Crippen LogP contribution in [0.2, 0.25) is 0 Å². The fourth-order valence-electron chi connectivity index (χ4n) is 0.992. The van der Waals surface area contributed by atoms with E-state index in [-0.39, 0.29) is 0 Å². The molecule has 0 saturated carbocycles. The largest absolute Gasteiger partial charge is 0.313 e. The molecule has 0 fully saturated rings. The van der Waals surface area contributed by atoms with E-state index in [1.54, 1.807) is 0 Å². The Morgan fingerprint density at radius 3 is 2.08 bits per heavy atom. The van der Waals surface area contributed by atoms with Crippen LogP contribution >= 0.6 is 31.9 Å². The molecule has 0 saturated heterocycles. The van der Waals surface area contributed by atoms with Gasteiger partial charge >= 0.3 is 0 Å². The lowest BCUT2D eigenvalue weighted by Crippen LogP contribution is -2.12. The molecule has 1 aromatic carbocycles. The van der Waals surface area contributed by atoms with Gasteiger partial charge < -0.3 is 5.32 Å². The smallest absolute Gasteiger partial charge is 0.0289 e. The second-order valence-electron chi connectivity index (χ2n) is 2.71. The Morgan fingerprint density at radius 1 is 1.17 bits per heavy atom. The molecule has 0 radical (unpaired) electrons. The Bertz CT molecular complexity index is 253. The standard InChI is InChI=1S/C9H11Br2N/c1-6(12-2)7-3-8(10)5-9(11)4-7/h3-6,12H,1-2H3/t6-/m0/s1. The quantitative estimate of drug-likeness (QED) is 0.880. The van der Waals surface area contributed by atoms with Crippen LogP contribution in [-0.2, 0) is 0 Å². The Labute approximate surface area is 89.8 Å². The molecule has 1 aromatic rings. The first-order valence-corrected chi connectivity index (χ1v) is 5.35. The number of hydrogen-bond donors (Lipinski definition) is 1. The van der Waals surface area contributed by atoms with Gasteiger partial charge in [-0.1, -0.05) is 31.9 Å². The SMILES string of the molecule is CN[C@@H](C)c1cc(Br)cc(Br)c1. The third kappa shape index (κ3) is 2.57. The van der Waals surface area contributed by atoms with Crippen LogP contribution in [0.5, 0.6) is 0 Å². The van der Waals surface area contributed by atoms with Gasteiger partial charge in [-0.15, -0.1) is 0 Å². The van der Waals surface area contributed by atoms with Gasteiger partial charge in [0.15, 0.2) is 0 Å². The summed E-state index contributed by atoms with van der Waals surface area (Å²) in [5.41, 5.74) is 1.28. The summed E-state index contributed by atoms with van der Waals surface area (Å²) in [5, 5.41) is 3.19. The van der Waals surface area contributed by atoms with Crippen LogP contribution in [0.3, 0.4) is 0 Å². The third-order valence-corrected chi connectivity index (χ3v) is 2.73. The van der Waals surface area contributed by atoms with Crippen LogP contribution in [0.4, 0.5) is 0 Å². The van der Waals surface area contributed by atoms with Gasteiger partial charge in [0.05, 0.1) is 0 Å². The molecule has 3 heteroatoms. The summed E-state index contributed by atoms with van der Waals surface area (Å²) in [6, 6.07) is 6.66. The van der Waals surface area contributed by atoms with Gasteiger partial charge in [-0.3, -0.25) is 0 Å². The minimum Gasteiger partial charge on any atom is -0.313 e. The first kappa shape index (κ1) is 10.2. The number of halogens is 2. The van der Waals surface area contributed by atoms with Crippen molar-refractivity contribution in [2.24, 2.45) is 0 Å². The van der Waals surface area contributed by atoms with Gasteiger partial charge in [0.25, 0.3) is 0 Å². The molecule has 1 N–H and O–H groups in total. The molecule has 0 amide bonds. The van der Waals surface area contributed by atoms with Crippen LogP contribution in [0, 0.1) is 0 Å². The lowest BCUT2D eigenvalue weighted by atomic mass is 10.1. The average Bonchev–Trinajstić information content (AvgIpc) is 2.01. The van der Waals surface area contributed by atoms with Crippen molar-refractivity contribution < 1.29 is 0 Å². The van der Waals surface area contributed by atoms with Crippen molar-refractivity contribution in [3.05, 3.63) is 32.7 Å². The van der Waals surface area contributed by atoms with Crippen molar-refractivity contribution in [3.63, 3.8) is 0 Å². The maximum absolute atomic E-state index is 3.45. The molecule has 0 bridgehead atoms. The predicted octanol–water partition coefficient (Wildman–Crippen LogP) is 3.49. The summed E-state index contributed by atoms with van der Waals surface area (Å²) in [4.78, 5) is 0. The van der Waals surface area contributed by atoms with Crippen LogP contribution in [0.25, 0.3) is 0 Å². The highest BCUT2D eigenvalue weighted by Crippen LogP contribution is 2.23. The minimum atomic E-state index is 0.388. The fourth-order valence-corrected chi connectivity index (χ4v) is 2.32. The van der Waals surface area contributed by atoms with E-state index in [0.29, 0.717) is 6.04 Å². The van der Waals surface area contributed by atoms with E-state index in [0.717, 1.165) is 8.95 Å². The molecule has 12 heavy (non-hydrogen) atoms. The molecular weight excluding hydrogens is 282 g/mol. The molecule has 1 rings (SSSR count). The monoisotopic (exact) mass is 291 g/mol. The summed E-state index contributed by atoms with van der Waals surface area (Å²) in [6.07, 6.45) is 0. The number of benzene rings is 1. The lowest BCUT2D eigenvalue weighted by Gasteiger charge is -2.11. The van der Waals surface area contributed by atoms with Crippen LogP contribution < -0.4 is 5.32 Å². The van der Waals surface area contributed by atoms with Crippen LogP contribution in [-0.4, -0.2) is 7.05 Å². The molecule has 0 aliphatic rings. The van der Waals surface area contributed by atoms with Crippen molar-refractivity contribution in [2.45, 2.75) is 13.0 Å². The van der Waals surface area contributed by atoms with Gasteiger partial charge in [0.2, 0.25) is 0 Å². The zero-order valence-electron chi connectivity index (χ0n) is 7.07. The van der Waals surface area contributed by atoms with Crippen LogP contribution in [0.15, 0.2) is 27.1 Å². The Hall–Kier alpha value is 0.140. The first-order valence-electron chi connectivity index (χ1n) is 3.76. The van der Waals surface area contributed by atoms with Crippen molar-refractivity contribution >= 4 is 31.9 Å². The van der Waals surface area contributed by atoms with E-state index in [1.165, 1.54) is 5.56 Å². The minimum absolute atomic E-state index is 0.388. The van der Waals surface area contributed by atoms with E-state index >= 15 is 0 Å². The third-order valence-electron chi connectivity index (χ3n) is 1.82. The second kappa shape index (κ2) is 4.40. The molecule has 0 aliphatic heterocycles. The topological polar surface area (TPSA) is 12.0 Å². The molecule has 0 aliphatic carbocycles. The lowest BCUT2D eigenvalue weighted by molar-refractivity contribution is 0.651. The van der Waals surface area contributed by atoms with Gasteiger partial charge in [-0.05, 0) is 37.7 Å². The number of nitrogens with one attached hydrogen (secondary N) is 1. The Morgan fingerprint density at radius 2 is 1.67 bits per heavy atom. The zero-order valence-corrected chi connectivity index (χ0v) is 10.2. The Kier molecular flexibility index (Phi) is 3.75. The highest BCUT2D eigenvalue weighted by atomic mass is 79.9. The van der Waals surface area contributed by atoms with Crippen LogP contribution in [0.1, 0.15) is 18.5 Å². The highest BCUT2D eigenvalue weighted by molar-refractivity contribution is 9.11. The van der Waals surface area contributed by atoms with E-state index in [1.807, 2.05) is 13.1 Å². The summed E-state index contributed by atoms with van der Waals surface area (Å²) in [5.74, 6) is 0. The molecule has 0 aromatic heterocycles. The number of hydrogen-bond acceptors (Lipinski definition) is 1. The van der Waals surface area contributed by atoms with Crippen molar-refractivity contribution in [3.8, 4) is 0 Å². The molecular formula is C9H11Br2N. The first-order chi connectivity index (χ1) is 5.63. The predicted molar refractivity (Wildman–Crippen MR) is 59.3 cm³/mol. The van der Waals surface area contributed by atoms with Crippen molar-refractivity contribution in [1.82, 2.24) is 5.32 Å². The second-order valence-corrected chi connectivity index (χ2v) is 4.54.